The van der Waals surface area contributed by atoms with Gasteiger partial charge in [0.2, 0.25) is 11.3 Å². The second-order valence-corrected chi connectivity index (χ2v) is 7.82. The van der Waals surface area contributed by atoms with Crippen LogP contribution in [0.25, 0.3) is 23.1 Å². The van der Waals surface area contributed by atoms with Gasteiger partial charge in [-0.1, -0.05) is 31.2 Å². The summed E-state index contributed by atoms with van der Waals surface area (Å²) in [5.74, 6) is 0.184. The number of methoxy groups -OCH3 is 2. The van der Waals surface area contributed by atoms with Crippen LogP contribution in [0.5, 0.6) is 17.2 Å². The highest BCUT2D eigenvalue weighted by atomic mass is 31.2. The van der Waals surface area contributed by atoms with Crippen molar-refractivity contribution in [3.63, 3.8) is 0 Å². The number of phosphoric acid groups is 1. The smallest absolute Gasteiger partial charge is 0.493 e. The second kappa shape index (κ2) is 9.30. The monoisotopic (exact) mass is 430 g/mol. The van der Waals surface area contributed by atoms with E-state index in [2.05, 4.69) is 35.9 Å². The van der Waals surface area contributed by atoms with Gasteiger partial charge in [-0.3, -0.25) is 9.79 Å². The summed E-state index contributed by atoms with van der Waals surface area (Å²) < 4.78 is 28.8. The molecule has 1 aromatic heterocycles. The number of benzene rings is 2. The molecule has 7 nitrogen and oxygen atoms in total. The normalized spacial score (nSPS) is 11.8. The van der Waals surface area contributed by atoms with Gasteiger partial charge in [0.05, 0.1) is 19.6 Å². The highest BCUT2D eigenvalue weighted by molar-refractivity contribution is 7.46. The van der Waals surface area contributed by atoms with Crippen molar-refractivity contribution in [1.29, 1.82) is 0 Å². The molecule has 0 unspecified atom stereocenters. The van der Waals surface area contributed by atoms with E-state index < -0.39 is 7.82 Å². The van der Waals surface area contributed by atoms with E-state index in [4.69, 9.17) is 23.8 Å². The van der Waals surface area contributed by atoms with Crippen molar-refractivity contribution in [3.05, 3.63) is 59.8 Å². The molecular weight excluding hydrogens is 405 g/mol. The lowest BCUT2D eigenvalue weighted by atomic mass is 10.1. The van der Waals surface area contributed by atoms with Crippen LogP contribution in [0.4, 0.5) is 0 Å². The molecular formula is C22H25NO6P+. The van der Waals surface area contributed by atoms with E-state index in [1.807, 2.05) is 24.3 Å². The number of hydrogen-bond donors (Lipinski definition) is 2. The van der Waals surface area contributed by atoms with Crippen molar-refractivity contribution in [2.45, 2.75) is 19.9 Å². The first-order valence-corrected chi connectivity index (χ1v) is 11.0. The van der Waals surface area contributed by atoms with E-state index in [9.17, 15) is 4.57 Å². The SMILES string of the molecule is CCC[n+]1ccc(C=Cc2cc(OC)c(OP(=O)(O)O)c(OC)c2)c2ccccc21. The first-order chi connectivity index (χ1) is 14.4. The van der Waals surface area contributed by atoms with E-state index >= 15 is 0 Å². The molecule has 2 N–H and O–H groups in total. The van der Waals surface area contributed by atoms with Crippen molar-refractivity contribution in [3.8, 4) is 17.2 Å². The fraction of sp³-hybridized carbons (Fsp3) is 0.227. The standard InChI is InChI=1S/C22H24NO6P/c1-4-12-23-13-11-17(18-7-5-6-8-19(18)23)10-9-16-14-20(27-2)22(21(15-16)28-3)29-30(24,25)26/h5-11,13-15H,4,12H2,1-3H3,(H-,24,25,26)/p+1. The fourth-order valence-electron chi connectivity index (χ4n) is 3.28. The zero-order valence-electron chi connectivity index (χ0n) is 17.1. The van der Waals surface area contributed by atoms with Gasteiger partial charge >= 0.3 is 7.82 Å². The molecule has 0 fully saturated rings. The molecule has 158 valence electrons. The quantitative estimate of drug-likeness (QED) is 0.411. The Hall–Kier alpha value is -2.86. The van der Waals surface area contributed by atoms with Gasteiger partial charge in [0.25, 0.3) is 0 Å². The van der Waals surface area contributed by atoms with Gasteiger partial charge in [-0.25, -0.2) is 4.57 Å². The van der Waals surface area contributed by atoms with Crippen LogP contribution in [0.1, 0.15) is 24.5 Å². The Kier molecular flexibility index (Phi) is 6.77. The predicted molar refractivity (Wildman–Crippen MR) is 116 cm³/mol. The molecule has 0 saturated heterocycles. The topological polar surface area (TPSA) is 89.1 Å². The number of ether oxygens (including phenoxy) is 2. The lowest BCUT2D eigenvalue weighted by Gasteiger charge is -2.15. The molecule has 8 heteroatoms. The van der Waals surface area contributed by atoms with Crippen LogP contribution < -0.4 is 18.6 Å². The van der Waals surface area contributed by atoms with Crippen molar-refractivity contribution >= 4 is 30.9 Å². The highest BCUT2D eigenvalue weighted by Gasteiger charge is 2.23. The minimum atomic E-state index is -4.76. The number of para-hydroxylation sites is 1. The Balaban J connectivity index is 2.02. The molecule has 0 amide bonds. The third kappa shape index (κ3) is 5.00. The van der Waals surface area contributed by atoms with Crippen molar-refractivity contribution in [1.82, 2.24) is 0 Å². The Bertz CT molecular complexity index is 1100. The van der Waals surface area contributed by atoms with Crippen LogP contribution in [0.3, 0.4) is 0 Å². The molecule has 0 spiro atoms. The summed E-state index contributed by atoms with van der Waals surface area (Å²) >= 11 is 0. The van der Waals surface area contributed by atoms with Gasteiger partial charge in [-0.2, -0.15) is 4.57 Å². The number of pyridine rings is 1. The van der Waals surface area contributed by atoms with E-state index in [-0.39, 0.29) is 17.2 Å². The lowest BCUT2D eigenvalue weighted by molar-refractivity contribution is -0.671. The largest absolute Gasteiger partial charge is 0.525 e. The molecule has 3 aromatic rings. The summed E-state index contributed by atoms with van der Waals surface area (Å²) in [4.78, 5) is 18.3. The first-order valence-electron chi connectivity index (χ1n) is 9.46. The van der Waals surface area contributed by atoms with E-state index in [0.29, 0.717) is 0 Å². The molecule has 0 aliphatic heterocycles. The molecule has 0 radical (unpaired) electrons. The summed E-state index contributed by atoms with van der Waals surface area (Å²) in [6, 6.07) is 13.5. The zero-order chi connectivity index (χ0) is 21.7. The van der Waals surface area contributed by atoms with Crippen LogP contribution in [0.15, 0.2) is 48.7 Å². The van der Waals surface area contributed by atoms with Gasteiger partial charge in [0.15, 0.2) is 17.7 Å². The minimum Gasteiger partial charge on any atom is -0.493 e. The van der Waals surface area contributed by atoms with Gasteiger partial charge in [0.1, 0.15) is 6.54 Å². The Morgan fingerprint density at radius 1 is 1.03 bits per heavy atom. The summed E-state index contributed by atoms with van der Waals surface area (Å²) in [5, 5.41) is 1.13. The van der Waals surface area contributed by atoms with Gasteiger partial charge in [0, 0.05) is 18.6 Å². The molecule has 1 heterocycles. The number of nitrogens with zero attached hydrogens (tertiary/aromatic N) is 1. The fourth-order valence-corrected chi connectivity index (χ4v) is 3.70. The number of aryl methyl sites for hydroxylation is 1. The van der Waals surface area contributed by atoms with Crippen LogP contribution in [0.2, 0.25) is 0 Å². The lowest BCUT2D eigenvalue weighted by Crippen LogP contribution is -2.33. The third-order valence-corrected chi connectivity index (χ3v) is 4.99. The maximum absolute atomic E-state index is 11.3. The summed E-state index contributed by atoms with van der Waals surface area (Å²) in [5.41, 5.74) is 2.93. The summed E-state index contributed by atoms with van der Waals surface area (Å²) in [6.07, 6.45) is 6.99. The molecule has 2 aromatic carbocycles. The van der Waals surface area contributed by atoms with Gasteiger partial charge in [-0.15, -0.1) is 0 Å². The first kappa shape index (κ1) is 21.8. The number of fused-ring (bicyclic) bond motifs is 1. The molecule has 0 atom stereocenters. The van der Waals surface area contributed by atoms with Crippen LogP contribution >= 0.6 is 7.82 Å². The maximum atomic E-state index is 11.3. The van der Waals surface area contributed by atoms with E-state index in [1.165, 1.54) is 14.2 Å². The molecule has 30 heavy (non-hydrogen) atoms. The Labute approximate surface area is 175 Å². The number of rotatable bonds is 8. The van der Waals surface area contributed by atoms with Crippen LogP contribution in [-0.4, -0.2) is 24.0 Å². The molecule has 0 saturated carbocycles. The summed E-state index contributed by atoms with van der Waals surface area (Å²) in [6.45, 7) is 3.09. The minimum absolute atomic E-state index is 0.142. The second-order valence-electron chi connectivity index (χ2n) is 6.65. The van der Waals surface area contributed by atoms with E-state index in [1.54, 1.807) is 12.1 Å². The van der Waals surface area contributed by atoms with Crippen LogP contribution in [0, 0.1) is 0 Å². The number of hydrogen-bond acceptors (Lipinski definition) is 4. The van der Waals surface area contributed by atoms with Crippen molar-refractivity contribution < 1.29 is 32.9 Å². The molecule has 0 aliphatic carbocycles. The Morgan fingerprint density at radius 3 is 2.30 bits per heavy atom. The van der Waals surface area contributed by atoms with E-state index in [0.717, 1.165) is 35.0 Å². The average molecular weight is 430 g/mol. The molecule has 0 bridgehead atoms. The Morgan fingerprint density at radius 2 is 1.70 bits per heavy atom. The third-order valence-electron chi connectivity index (χ3n) is 4.57. The van der Waals surface area contributed by atoms with Crippen molar-refractivity contribution in [2.75, 3.05) is 14.2 Å². The number of phosphoric ester groups is 1. The zero-order valence-corrected chi connectivity index (χ0v) is 18.0. The van der Waals surface area contributed by atoms with Gasteiger partial charge in [-0.05, 0) is 29.3 Å². The molecule has 3 rings (SSSR count). The highest BCUT2D eigenvalue weighted by Crippen LogP contribution is 2.47. The number of aromatic nitrogens is 1. The van der Waals surface area contributed by atoms with Gasteiger partial charge < -0.3 is 14.0 Å². The molecule has 0 aliphatic rings. The predicted octanol–water partition coefficient (Wildman–Crippen LogP) is 4.20. The summed E-state index contributed by atoms with van der Waals surface area (Å²) in [7, 11) is -1.97. The van der Waals surface area contributed by atoms with Crippen molar-refractivity contribution in [2.24, 2.45) is 0 Å². The van der Waals surface area contributed by atoms with Crippen LogP contribution in [-0.2, 0) is 11.1 Å². The maximum Gasteiger partial charge on any atom is 0.525 e. The average Bonchev–Trinajstić information content (AvgIpc) is 2.72.